The summed E-state index contributed by atoms with van der Waals surface area (Å²) < 4.78 is 5.56. The number of hydrazine groups is 1. The van der Waals surface area contributed by atoms with Gasteiger partial charge in [0.1, 0.15) is 5.75 Å². The molecule has 3 rings (SSSR count). The van der Waals surface area contributed by atoms with Gasteiger partial charge in [-0.15, -0.1) is 0 Å². The zero-order valence-corrected chi connectivity index (χ0v) is 14.0. The van der Waals surface area contributed by atoms with Gasteiger partial charge in [0.2, 0.25) is 5.91 Å². The maximum Gasteiger partial charge on any atom is 0.257 e. The standard InChI is InChI=1S/C18H25N3O3/c1-12-6-2-5-9-16(12)24-11-17(22)19-10-15-13-7-3-4-8-14(13)18(23)21-20-15/h2,5-6,9,13-15,20H,3-4,7-8,10-11H2,1H3,(H,19,22)(H,21,23). The summed E-state index contributed by atoms with van der Waals surface area (Å²) in [5.41, 5.74) is 6.81. The van der Waals surface area contributed by atoms with Crippen molar-refractivity contribution in [2.24, 2.45) is 11.8 Å². The monoisotopic (exact) mass is 331 g/mol. The number of para-hydroxylation sites is 1. The van der Waals surface area contributed by atoms with Gasteiger partial charge in [0.15, 0.2) is 6.61 Å². The summed E-state index contributed by atoms with van der Waals surface area (Å²) in [6, 6.07) is 7.71. The molecule has 2 fully saturated rings. The first kappa shape index (κ1) is 16.8. The minimum Gasteiger partial charge on any atom is -0.484 e. The summed E-state index contributed by atoms with van der Waals surface area (Å²) in [4.78, 5) is 24.0. The van der Waals surface area contributed by atoms with Crippen LogP contribution in [0.5, 0.6) is 5.75 Å². The van der Waals surface area contributed by atoms with Crippen LogP contribution in [0.15, 0.2) is 24.3 Å². The van der Waals surface area contributed by atoms with Gasteiger partial charge in [-0.25, -0.2) is 5.43 Å². The highest BCUT2D eigenvalue weighted by Crippen LogP contribution is 2.34. The van der Waals surface area contributed by atoms with Crippen LogP contribution >= 0.6 is 0 Å². The van der Waals surface area contributed by atoms with Crippen molar-refractivity contribution in [3.63, 3.8) is 0 Å². The molecular weight excluding hydrogens is 306 g/mol. The lowest BCUT2D eigenvalue weighted by atomic mass is 9.74. The number of aryl methyl sites for hydroxylation is 1. The normalized spacial score (nSPS) is 26.2. The molecule has 0 aromatic heterocycles. The number of benzene rings is 1. The number of rotatable bonds is 5. The maximum atomic E-state index is 12.0. The van der Waals surface area contributed by atoms with Crippen LogP contribution in [0.1, 0.15) is 31.2 Å². The maximum absolute atomic E-state index is 12.0. The van der Waals surface area contributed by atoms with Crippen molar-refractivity contribution in [2.75, 3.05) is 13.2 Å². The van der Waals surface area contributed by atoms with E-state index in [2.05, 4.69) is 16.2 Å². The summed E-state index contributed by atoms with van der Waals surface area (Å²) in [5.74, 6) is 1.03. The first-order chi connectivity index (χ1) is 11.6. The van der Waals surface area contributed by atoms with Gasteiger partial charge < -0.3 is 10.1 Å². The molecule has 1 aliphatic heterocycles. The fourth-order valence-electron chi connectivity index (χ4n) is 3.67. The minimum absolute atomic E-state index is 0.00196. The molecule has 3 N–H and O–H groups in total. The first-order valence-corrected chi connectivity index (χ1v) is 8.65. The molecule has 0 bridgehead atoms. The van der Waals surface area contributed by atoms with E-state index in [-0.39, 0.29) is 30.4 Å². The average Bonchev–Trinajstić information content (AvgIpc) is 2.61. The fraction of sp³-hybridized carbons (Fsp3) is 0.556. The van der Waals surface area contributed by atoms with Crippen LogP contribution in [0.25, 0.3) is 0 Å². The topological polar surface area (TPSA) is 79.5 Å². The highest BCUT2D eigenvalue weighted by molar-refractivity contribution is 5.80. The van der Waals surface area contributed by atoms with Crippen LogP contribution < -0.4 is 20.9 Å². The number of amides is 2. The van der Waals surface area contributed by atoms with Gasteiger partial charge in [-0.3, -0.25) is 15.0 Å². The number of fused-ring (bicyclic) bond motifs is 1. The highest BCUT2D eigenvalue weighted by Gasteiger charge is 2.39. The summed E-state index contributed by atoms with van der Waals surface area (Å²) >= 11 is 0. The Labute approximate surface area is 142 Å². The van der Waals surface area contributed by atoms with E-state index in [0.29, 0.717) is 12.5 Å². The molecule has 0 radical (unpaired) electrons. The van der Waals surface area contributed by atoms with E-state index in [4.69, 9.17) is 4.74 Å². The quantitative estimate of drug-likeness (QED) is 0.760. The Balaban J connectivity index is 1.47. The number of nitrogens with one attached hydrogen (secondary N) is 3. The number of hydrogen-bond donors (Lipinski definition) is 3. The highest BCUT2D eigenvalue weighted by atomic mass is 16.5. The van der Waals surface area contributed by atoms with Crippen molar-refractivity contribution < 1.29 is 14.3 Å². The van der Waals surface area contributed by atoms with Crippen LogP contribution in [0.4, 0.5) is 0 Å². The van der Waals surface area contributed by atoms with Gasteiger partial charge in [-0.05, 0) is 37.3 Å². The summed E-state index contributed by atoms with van der Waals surface area (Å²) in [7, 11) is 0. The van der Waals surface area contributed by atoms with Crippen LogP contribution in [0, 0.1) is 18.8 Å². The molecule has 6 nitrogen and oxygen atoms in total. The van der Waals surface area contributed by atoms with E-state index in [0.717, 1.165) is 37.0 Å². The zero-order chi connectivity index (χ0) is 16.9. The van der Waals surface area contributed by atoms with E-state index in [1.807, 2.05) is 31.2 Å². The molecule has 3 atom stereocenters. The predicted octanol–water partition coefficient (Wildman–Crippen LogP) is 1.30. The Bertz CT molecular complexity index is 605. The number of carbonyl (C=O) groups excluding carboxylic acids is 2. The SMILES string of the molecule is Cc1ccccc1OCC(=O)NCC1NNC(=O)C2CCCCC12. The Morgan fingerprint density at radius 3 is 2.92 bits per heavy atom. The molecule has 1 aromatic carbocycles. The van der Waals surface area contributed by atoms with Crippen molar-refractivity contribution in [3.05, 3.63) is 29.8 Å². The Morgan fingerprint density at radius 2 is 2.08 bits per heavy atom. The Kier molecular flexibility index (Phi) is 5.35. The van der Waals surface area contributed by atoms with Crippen LogP contribution in [0.2, 0.25) is 0 Å². The molecule has 1 aliphatic carbocycles. The van der Waals surface area contributed by atoms with Crippen molar-refractivity contribution in [2.45, 2.75) is 38.6 Å². The van der Waals surface area contributed by atoms with Gasteiger partial charge >= 0.3 is 0 Å². The van der Waals surface area contributed by atoms with E-state index in [1.54, 1.807) is 0 Å². The lowest BCUT2D eigenvalue weighted by Crippen LogP contribution is -2.62. The van der Waals surface area contributed by atoms with Crippen molar-refractivity contribution in [1.29, 1.82) is 0 Å². The summed E-state index contributed by atoms with van der Waals surface area (Å²) in [6.07, 6.45) is 4.24. The van der Waals surface area contributed by atoms with Crippen LogP contribution in [-0.4, -0.2) is 31.0 Å². The Morgan fingerprint density at radius 1 is 1.29 bits per heavy atom. The summed E-state index contributed by atoms with van der Waals surface area (Å²) in [5, 5.41) is 2.91. The van der Waals surface area contributed by atoms with Gasteiger partial charge in [0, 0.05) is 18.5 Å². The van der Waals surface area contributed by atoms with Gasteiger partial charge in [-0.1, -0.05) is 31.0 Å². The third-order valence-corrected chi connectivity index (χ3v) is 5.03. The number of ether oxygens (including phenoxy) is 1. The van der Waals surface area contributed by atoms with E-state index >= 15 is 0 Å². The molecule has 1 saturated heterocycles. The zero-order valence-electron chi connectivity index (χ0n) is 14.0. The van der Waals surface area contributed by atoms with E-state index in [1.165, 1.54) is 0 Å². The van der Waals surface area contributed by atoms with Gasteiger partial charge in [0.25, 0.3) is 5.91 Å². The first-order valence-electron chi connectivity index (χ1n) is 8.65. The molecule has 0 spiro atoms. The lowest BCUT2D eigenvalue weighted by Gasteiger charge is -2.41. The Hall–Kier alpha value is -2.08. The smallest absolute Gasteiger partial charge is 0.257 e. The third kappa shape index (κ3) is 3.87. The van der Waals surface area contributed by atoms with Gasteiger partial charge in [0.05, 0.1) is 0 Å². The second-order valence-corrected chi connectivity index (χ2v) is 6.65. The molecule has 2 amide bonds. The van der Waals surface area contributed by atoms with Gasteiger partial charge in [-0.2, -0.15) is 0 Å². The van der Waals surface area contributed by atoms with E-state index < -0.39 is 0 Å². The molecule has 1 saturated carbocycles. The largest absolute Gasteiger partial charge is 0.484 e. The van der Waals surface area contributed by atoms with E-state index in [9.17, 15) is 9.59 Å². The molecule has 1 aromatic rings. The molecule has 3 unspecified atom stereocenters. The predicted molar refractivity (Wildman–Crippen MR) is 90.2 cm³/mol. The van der Waals surface area contributed by atoms with Crippen molar-refractivity contribution >= 4 is 11.8 Å². The van der Waals surface area contributed by atoms with Crippen LogP contribution in [-0.2, 0) is 9.59 Å². The number of hydrogen-bond acceptors (Lipinski definition) is 4. The molecule has 130 valence electrons. The lowest BCUT2D eigenvalue weighted by molar-refractivity contribution is -0.133. The second-order valence-electron chi connectivity index (χ2n) is 6.65. The average molecular weight is 331 g/mol. The molecule has 1 heterocycles. The minimum atomic E-state index is -0.149. The molecule has 24 heavy (non-hydrogen) atoms. The van der Waals surface area contributed by atoms with Crippen LogP contribution in [0.3, 0.4) is 0 Å². The molecular formula is C18H25N3O3. The number of carbonyl (C=O) groups is 2. The summed E-state index contributed by atoms with van der Waals surface area (Å²) in [6.45, 7) is 2.44. The molecule has 6 heteroatoms. The second kappa shape index (κ2) is 7.66. The molecule has 2 aliphatic rings. The fourth-order valence-corrected chi connectivity index (χ4v) is 3.67. The van der Waals surface area contributed by atoms with Crippen molar-refractivity contribution in [1.82, 2.24) is 16.2 Å². The third-order valence-electron chi connectivity index (χ3n) is 5.03. The van der Waals surface area contributed by atoms with Crippen molar-refractivity contribution in [3.8, 4) is 5.75 Å².